The van der Waals surface area contributed by atoms with Gasteiger partial charge in [0.25, 0.3) is 0 Å². The SMILES string of the molecule is Cc1ccc(NC(=O)O[C@H](c2ccccc2OCCO)[C@H](C)CCOC(=O)CS)cc1. The summed E-state index contributed by atoms with van der Waals surface area (Å²) in [4.78, 5) is 24.0. The van der Waals surface area contributed by atoms with Crippen LogP contribution in [-0.4, -0.2) is 42.7 Å². The van der Waals surface area contributed by atoms with E-state index in [2.05, 4.69) is 17.9 Å². The van der Waals surface area contributed by atoms with Crippen LogP contribution in [0.1, 0.15) is 30.6 Å². The van der Waals surface area contributed by atoms with Gasteiger partial charge < -0.3 is 19.3 Å². The zero-order chi connectivity index (χ0) is 22.6. The molecule has 31 heavy (non-hydrogen) atoms. The van der Waals surface area contributed by atoms with E-state index in [9.17, 15) is 9.59 Å². The number of para-hydroxylation sites is 1. The van der Waals surface area contributed by atoms with Crippen LogP contribution in [0.5, 0.6) is 5.75 Å². The Morgan fingerprint density at radius 1 is 1.10 bits per heavy atom. The second kappa shape index (κ2) is 12.9. The molecule has 0 aliphatic carbocycles. The molecule has 0 spiro atoms. The number of hydrogen-bond donors (Lipinski definition) is 3. The van der Waals surface area contributed by atoms with Gasteiger partial charge in [-0.05, 0) is 31.5 Å². The van der Waals surface area contributed by atoms with E-state index in [1.54, 1.807) is 24.3 Å². The number of anilines is 1. The third kappa shape index (κ3) is 8.15. The molecule has 0 aromatic heterocycles. The summed E-state index contributed by atoms with van der Waals surface area (Å²) in [5, 5.41) is 11.8. The van der Waals surface area contributed by atoms with Crippen LogP contribution in [0, 0.1) is 12.8 Å². The maximum atomic E-state index is 12.6. The molecule has 2 N–H and O–H groups in total. The Labute approximate surface area is 188 Å². The van der Waals surface area contributed by atoms with Crippen LogP contribution in [-0.2, 0) is 14.3 Å². The van der Waals surface area contributed by atoms with Gasteiger partial charge in [0.2, 0.25) is 0 Å². The number of aliphatic hydroxyl groups is 1. The number of thiol groups is 1. The van der Waals surface area contributed by atoms with Gasteiger partial charge >= 0.3 is 12.1 Å². The summed E-state index contributed by atoms with van der Waals surface area (Å²) < 4.78 is 16.5. The first-order valence-corrected chi connectivity index (χ1v) is 10.7. The Hall–Kier alpha value is -2.71. The molecule has 2 rings (SSSR count). The summed E-state index contributed by atoms with van der Waals surface area (Å²) in [5.74, 6) is -0.0680. The van der Waals surface area contributed by atoms with Gasteiger partial charge in [-0.2, -0.15) is 12.6 Å². The lowest BCUT2D eigenvalue weighted by molar-refractivity contribution is -0.141. The van der Waals surface area contributed by atoms with Crippen molar-refractivity contribution in [2.75, 3.05) is 30.9 Å². The molecule has 0 fully saturated rings. The van der Waals surface area contributed by atoms with Gasteiger partial charge in [0.15, 0.2) is 0 Å². The number of rotatable bonds is 11. The van der Waals surface area contributed by atoms with Gasteiger partial charge in [-0.25, -0.2) is 4.79 Å². The molecular formula is C23H29NO6S. The van der Waals surface area contributed by atoms with Gasteiger partial charge in [0.05, 0.1) is 19.0 Å². The van der Waals surface area contributed by atoms with Crippen LogP contribution in [0.4, 0.5) is 10.5 Å². The van der Waals surface area contributed by atoms with Crippen molar-refractivity contribution in [2.45, 2.75) is 26.4 Å². The van der Waals surface area contributed by atoms with Crippen molar-refractivity contribution in [1.82, 2.24) is 0 Å². The summed E-state index contributed by atoms with van der Waals surface area (Å²) in [6.07, 6.45) is -0.795. The highest BCUT2D eigenvalue weighted by Crippen LogP contribution is 2.35. The standard InChI is InChI=1S/C23H29NO6S/c1-16-7-9-18(10-8-16)24-23(27)30-22(17(2)11-13-29-21(26)15-31)19-5-3-4-6-20(19)28-14-12-25/h3-10,17,22,25,31H,11-15H2,1-2H3,(H,24,27)/t17-,22+/m1/s1. The van der Waals surface area contributed by atoms with Crippen molar-refractivity contribution in [3.05, 3.63) is 59.7 Å². The van der Waals surface area contributed by atoms with E-state index in [0.29, 0.717) is 23.4 Å². The lowest BCUT2D eigenvalue weighted by Crippen LogP contribution is -2.24. The van der Waals surface area contributed by atoms with Crippen LogP contribution < -0.4 is 10.1 Å². The van der Waals surface area contributed by atoms with Crippen LogP contribution in [0.15, 0.2) is 48.5 Å². The number of aryl methyl sites for hydroxylation is 1. The Morgan fingerprint density at radius 2 is 1.81 bits per heavy atom. The fourth-order valence-corrected chi connectivity index (χ4v) is 3.04. The number of amides is 1. The Kier molecular flexibility index (Phi) is 10.2. The Balaban J connectivity index is 2.17. The molecule has 0 aliphatic rings. The summed E-state index contributed by atoms with van der Waals surface area (Å²) >= 11 is 3.89. The minimum absolute atomic E-state index is 0.00506. The molecule has 8 heteroatoms. The predicted octanol–water partition coefficient (Wildman–Crippen LogP) is 4.16. The molecule has 0 saturated carbocycles. The summed E-state index contributed by atoms with van der Waals surface area (Å²) in [5.41, 5.74) is 2.37. The van der Waals surface area contributed by atoms with Crippen molar-refractivity contribution in [2.24, 2.45) is 5.92 Å². The van der Waals surface area contributed by atoms with Crippen molar-refractivity contribution < 1.29 is 28.9 Å². The summed E-state index contributed by atoms with van der Waals surface area (Å²) in [6.45, 7) is 4.03. The van der Waals surface area contributed by atoms with Crippen LogP contribution >= 0.6 is 12.6 Å². The minimum Gasteiger partial charge on any atom is -0.491 e. The Morgan fingerprint density at radius 3 is 2.48 bits per heavy atom. The molecule has 2 atom stereocenters. The fourth-order valence-electron chi connectivity index (χ4n) is 2.94. The van der Waals surface area contributed by atoms with Crippen LogP contribution in [0.25, 0.3) is 0 Å². The topological polar surface area (TPSA) is 94.1 Å². The van der Waals surface area contributed by atoms with Crippen molar-refractivity contribution in [3.8, 4) is 5.75 Å². The predicted molar refractivity (Wildman–Crippen MR) is 122 cm³/mol. The molecule has 0 radical (unpaired) electrons. The van der Waals surface area contributed by atoms with Crippen LogP contribution in [0.3, 0.4) is 0 Å². The second-order valence-electron chi connectivity index (χ2n) is 7.07. The number of ether oxygens (including phenoxy) is 3. The molecular weight excluding hydrogens is 418 g/mol. The molecule has 0 aliphatic heterocycles. The first-order valence-electron chi connectivity index (χ1n) is 10.1. The molecule has 0 heterocycles. The smallest absolute Gasteiger partial charge is 0.412 e. The van der Waals surface area contributed by atoms with Crippen LogP contribution in [0.2, 0.25) is 0 Å². The lowest BCUT2D eigenvalue weighted by Gasteiger charge is -2.26. The van der Waals surface area contributed by atoms with Gasteiger partial charge in [-0.3, -0.25) is 10.1 Å². The van der Waals surface area contributed by atoms with Crippen molar-refractivity contribution in [1.29, 1.82) is 0 Å². The minimum atomic E-state index is -0.657. The van der Waals surface area contributed by atoms with E-state index in [1.807, 2.05) is 38.1 Å². The lowest BCUT2D eigenvalue weighted by atomic mass is 9.94. The van der Waals surface area contributed by atoms with E-state index < -0.39 is 18.2 Å². The number of esters is 1. The first-order chi connectivity index (χ1) is 14.9. The normalized spacial score (nSPS) is 12.5. The quantitative estimate of drug-likeness (QED) is 0.354. The van der Waals surface area contributed by atoms with Gasteiger partial charge in [-0.1, -0.05) is 42.8 Å². The molecule has 0 saturated heterocycles. The van der Waals surface area contributed by atoms with E-state index in [1.165, 1.54) is 0 Å². The zero-order valence-corrected chi connectivity index (χ0v) is 18.6. The highest BCUT2D eigenvalue weighted by molar-refractivity contribution is 7.81. The van der Waals surface area contributed by atoms with Crippen molar-refractivity contribution in [3.63, 3.8) is 0 Å². The van der Waals surface area contributed by atoms with E-state index in [4.69, 9.17) is 19.3 Å². The maximum Gasteiger partial charge on any atom is 0.412 e. The summed E-state index contributed by atoms with van der Waals surface area (Å²) in [6, 6.07) is 14.6. The molecule has 0 bridgehead atoms. The molecule has 0 unspecified atom stereocenters. The molecule has 7 nitrogen and oxygen atoms in total. The van der Waals surface area contributed by atoms with Gasteiger partial charge in [0, 0.05) is 17.2 Å². The second-order valence-corrected chi connectivity index (χ2v) is 7.39. The number of carbonyl (C=O) groups is 2. The molecule has 2 aromatic rings. The number of nitrogens with one attached hydrogen (secondary N) is 1. The largest absolute Gasteiger partial charge is 0.491 e. The zero-order valence-electron chi connectivity index (χ0n) is 17.7. The van der Waals surface area contributed by atoms with E-state index in [0.717, 1.165) is 5.56 Å². The van der Waals surface area contributed by atoms with Crippen molar-refractivity contribution >= 4 is 30.4 Å². The third-order valence-electron chi connectivity index (χ3n) is 4.59. The highest BCUT2D eigenvalue weighted by atomic mass is 32.1. The fraction of sp³-hybridized carbons (Fsp3) is 0.391. The number of carbonyl (C=O) groups excluding carboxylic acids is 2. The number of aliphatic hydroxyl groups excluding tert-OH is 1. The maximum absolute atomic E-state index is 12.6. The average molecular weight is 448 g/mol. The summed E-state index contributed by atoms with van der Waals surface area (Å²) in [7, 11) is 0. The van der Waals surface area contributed by atoms with Gasteiger partial charge in [0.1, 0.15) is 18.5 Å². The average Bonchev–Trinajstić information content (AvgIpc) is 2.77. The molecule has 168 valence electrons. The highest BCUT2D eigenvalue weighted by Gasteiger charge is 2.27. The number of benzene rings is 2. The van der Waals surface area contributed by atoms with E-state index >= 15 is 0 Å². The third-order valence-corrected chi connectivity index (χ3v) is 4.85. The monoisotopic (exact) mass is 447 g/mol. The molecule has 2 aromatic carbocycles. The number of hydrogen-bond acceptors (Lipinski definition) is 7. The first kappa shape index (κ1) is 24.6. The molecule has 1 amide bonds. The van der Waals surface area contributed by atoms with Gasteiger partial charge in [-0.15, -0.1) is 0 Å². The Bertz CT molecular complexity index is 842. The van der Waals surface area contributed by atoms with E-state index in [-0.39, 0.29) is 31.5 Å².